The summed E-state index contributed by atoms with van der Waals surface area (Å²) >= 11 is 0. The van der Waals surface area contributed by atoms with E-state index in [-0.39, 0.29) is 5.41 Å². The molecule has 0 aromatic rings. The van der Waals surface area contributed by atoms with Crippen molar-refractivity contribution in [3.63, 3.8) is 0 Å². The summed E-state index contributed by atoms with van der Waals surface area (Å²) in [4.78, 5) is 0. The zero-order valence-corrected chi connectivity index (χ0v) is 8.31. The van der Waals surface area contributed by atoms with Crippen molar-refractivity contribution >= 4 is 0 Å². The molecule has 0 radical (unpaired) electrons. The van der Waals surface area contributed by atoms with E-state index in [1.54, 1.807) is 0 Å². The van der Waals surface area contributed by atoms with Gasteiger partial charge in [0.15, 0.2) is 0 Å². The van der Waals surface area contributed by atoms with Gasteiger partial charge in [0.2, 0.25) is 0 Å². The van der Waals surface area contributed by atoms with Crippen LogP contribution in [-0.2, 0) is 0 Å². The van der Waals surface area contributed by atoms with Gasteiger partial charge in [0.1, 0.15) is 0 Å². The van der Waals surface area contributed by atoms with Crippen LogP contribution in [0.1, 0.15) is 41.0 Å². The average molecular weight is 156 g/mol. The Bertz CT molecular complexity index is 137. The van der Waals surface area contributed by atoms with E-state index in [1.807, 2.05) is 19.9 Å². The lowest BCUT2D eigenvalue weighted by Gasteiger charge is -2.19. The standard InChI is InChI=1S/C10H20O/c1-6-10(5,11)8-7-9(2,3)4/h7-8,11H,6H2,1-5H3/b8-7+. The smallest absolute Gasteiger partial charge is 0.0797 e. The number of allylic oxidation sites excluding steroid dienone is 1. The van der Waals surface area contributed by atoms with Crippen molar-refractivity contribution in [3.05, 3.63) is 12.2 Å². The van der Waals surface area contributed by atoms with Crippen LogP contribution in [-0.4, -0.2) is 10.7 Å². The largest absolute Gasteiger partial charge is 0.386 e. The van der Waals surface area contributed by atoms with Crippen molar-refractivity contribution in [1.82, 2.24) is 0 Å². The predicted octanol–water partition coefficient (Wildman–Crippen LogP) is 2.75. The third-order valence-electron chi connectivity index (χ3n) is 1.66. The SMILES string of the molecule is CCC(C)(O)/C=C/C(C)(C)C. The molecule has 0 aliphatic rings. The van der Waals surface area contributed by atoms with Crippen LogP contribution in [0, 0.1) is 5.41 Å². The third-order valence-corrected chi connectivity index (χ3v) is 1.66. The van der Waals surface area contributed by atoms with E-state index in [4.69, 9.17) is 0 Å². The fourth-order valence-corrected chi connectivity index (χ4v) is 0.547. The summed E-state index contributed by atoms with van der Waals surface area (Å²) in [5.74, 6) is 0. The van der Waals surface area contributed by atoms with E-state index in [0.717, 1.165) is 6.42 Å². The highest BCUT2D eigenvalue weighted by molar-refractivity contribution is 5.02. The summed E-state index contributed by atoms with van der Waals surface area (Å²) in [6.07, 6.45) is 4.70. The van der Waals surface area contributed by atoms with Crippen molar-refractivity contribution in [2.75, 3.05) is 0 Å². The molecule has 0 aromatic carbocycles. The molecule has 0 heterocycles. The Morgan fingerprint density at radius 3 is 1.82 bits per heavy atom. The molecule has 0 bridgehead atoms. The molecule has 1 heteroatoms. The second-order valence-corrected chi connectivity index (χ2v) is 4.41. The van der Waals surface area contributed by atoms with Crippen molar-refractivity contribution in [1.29, 1.82) is 0 Å². The molecule has 0 saturated heterocycles. The molecule has 0 spiro atoms. The summed E-state index contributed by atoms with van der Waals surface area (Å²) in [6.45, 7) is 10.2. The molecule has 0 rings (SSSR count). The predicted molar refractivity (Wildman–Crippen MR) is 49.5 cm³/mol. The molecule has 0 aromatic heterocycles. The maximum atomic E-state index is 9.60. The number of rotatable bonds is 2. The fraction of sp³-hybridized carbons (Fsp3) is 0.800. The van der Waals surface area contributed by atoms with E-state index < -0.39 is 5.60 Å². The first-order valence-corrected chi connectivity index (χ1v) is 4.19. The molecule has 0 aliphatic heterocycles. The highest BCUT2D eigenvalue weighted by Gasteiger charge is 2.14. The minimum Gasteiger partial charge on any atom is -0.386 e. The maximum Gasteiger partial charge on any atom is 0.0797 e. The summed E-state index contributed by atoms with van der Waals surface area (Å²) in [5.41, 5.74) is -0.466. The Labute approximate surface area is 70.1 Å². The molecule has 1 nitrogen and oxygen atoms in total. The quantitative estimate of drug-likeness (QED) is 0.609. The van der Waals surface area contributed by atoms with Gasteiger partial charge < -0.3 is 5.11 Å². The van der Waals surface area contributed by atoms with Gasteiger partial charge in [-0.05, 0) is 18.8 Å². The van der Waals surface area contributed by atoms with Gasteiger partial charge in [-0.1, -0.05) is 39.8 Å². The van der Waals surface area contributed by atoms with Gasteiger partial charge in [-0.15, -0.1) is 0 Å². The minimum atomic E-state index is -0.632. The summed E-state index contributed by atoms with van der Waals surface area (Å²) in [5, 5.41) is 9.60. The number of hydrogen-bond acceptors (Lipinski definition) is 1. The molecular weight excluding hydrogens is 136 g/mol. The van der Waals surface area contributed by atoms with Crippen molar-refractivity contribution in [2.24, 2.45) is 5.41 Å². The van der Waals surface area contributed by atoms with Crippen LogP contribution in [0.25, 0.3) is 0 Å². The van der Waals surface area contributed by atoms with Crippen LogP contribution in [0.2, 0.25) is 0 Å². The van der Waals surface area contributed by atoms with Gasteiger partial charge in [-0.2, -0.15) is 0 Å². The van der Waals surface area contributed by atoms with E-state index in [2.05, 4.69) is 26.8 Å². The van der Waals surface area contributed by atoms with Crippen LogP contribution in [0.4, 0.5) is 0 Å². The highest BCUT2D eigenvalue weighted by atomic mass is 16.3. The molecular formula is C10H20O. The van der Waals surface area contributed by atoms with Crippen LogP contribution in [0.3, 0.4) is 0 Å². The second kappa shape index (κ2) is 3.40. The van der Waals surface area contributed by atoms with E-state index >= 15 is 0 Å². The third kappa shape index (κ3) is 6.11. The molecule has 0 aliphatic carbocycles. The number of hydrogen-bond donors (Lipinski definition) is 1. The molecule has 11 heavy (non-hydrogen) atoms. The second-order valence-electron chi connectivity index (χ2n) is 4.41. The van der Waals surface area contributed by atoms with Gasteiger partial charge >= 0.3 is 0 Å². The molecule has 1 atom stereocenters. The lowest BCUT2D eigenvalue weighted by molar-refractivity contribution is 0.106. The van der Waals surface area contributed by atoms with Crippen LogP contribution in [0.15, 0.2) is 12.2 Å². The topological polar surface area (TPSA) is 20.2 Å². The first-order valence-electron chi connectivity index (χ1n) is 4.19. The molecule has 1 N–H and O–H groups in total. The van der Waals surface area contributed by atoms with E-state index in [1.165, 1.54) is 0 Å². The molecule has 0 amide bonds. The monoisotopic (exact) mass is 156 g/mol. The summed E-state index contributed by atoms with van der Waals surface area (Å²) < 4.78 is 0. The molecule has 0 saturated carbocycles. The van der Waals surface area contributed by atoms with Gasteiger partial charge in [-0.3, -0.25) is 0 Å². The summed E-state index contributed by atoms with van der Waals surface area (Å²) in [7, 11) is 0. The Balaban J connectivity index is 4.13. The molecule has 66 valence electrons. The lowest BCUT2D eigenvalue weighted by Crippen LogP contribution is -2.19. The minimum absolute atomic E-state index is 0.166. The summed E-state index contributed by atoms with van der Waals surface area (Å²) in [6, 6.07) is 0. The van der Waals surface area contributed by atoms with Gasteiger partial charge in [0.05, 0.1) is 5.60 Å². The van der Waals surface area contributed by atoms with Crippen molar-refractivity contribution < 1.29 is 5.11 Å². The van der Waals surface area contributed by atoms with Crippen molar-refractivity contribution in [2.45, 2.75) is 46.6 Å². The van der Waals surface area contributed by atoms with Gasteiger partial charge in [-0.25, -0.2) is 0 Å². The normalized spacial score (nSPS) is 18.7. The molecule has 1 unspecified atom stereocenters. The zero-order chi connectivity index (χ0) is 9.12. The van der Waals surface area contributed by atoms with E-state index in [9.17, 15) is 5.11 Å². The fourth-order valence-electron chi connectivity index (χ4n) is 0.547. The Morgan fingerprint density at radius 2 is 1.55 bits per heavy atom. The van der Waals surface area contributed by atoms with Crippen LogP contribution >= 0.6 is 0 Å². The highest BCUT2D eigenvalue weighted by Crippen LogP contribution is 2.18. The van der Waals surface area contributed by atoms with Crippen molar-refractivity contribution in [3.8, 4) is 0 Å². The Morgan fingerprint density at radius 1 is 1.09 bits per heavy atom. The first-order chi connectivity index (χ1) is 4.77. The average Bonchev–Trinajstić information content (AvgIpc) is 1.83. The first kappa shape index (κ1) is 10.7. The lowest BCUT2D eigenvalue weighted by atomic mass is 9.92. The van der Waals surface area contributed by atoms with Crippen LogP contribution in [0.5, 0.6) is 0 Å². The zero-order valence-electron chi connectivity index (χ0n) is 8.31. The van der Waals surface area contributed by atoms with Crippen LogP contribution < -0.4 is 0 Å². The number of aliphatic hydroxyl groups is 1. The van der Waals surface area contributed by atoms with Gasteiger partial charge in [0.25, 0.3) is 0 Å². The maximum absolute atomic E-state index is 9.60. The Hall–Kier alpha value is -0.300. The Kier molecular flexibility index (Phi) is 3.30. The van der Waals surface area contributed by atoms with E-state index in [0.29, 0.717) is 0 Å². The van der Waals surface area contributed by atoms with Gasteiger partial charge in [0, 0.05) is 0 Å². The molecule has 0 fully saturated rings.